The molecule has 1 heterocycles. The summed E-state index contributed by atoms with van der Waals surface area (Å²) in [7, 11) is -3.50. The Morgan fingerprint density at radius 1 is 1.25 bits per heavy atom. The van der Waals surface area contributed by atoms with Crippen LogP contribution in [0.25, 0.3) is 0 Å². The minimum Gasteiger partial charge on any atom is -0.481 e. The maximum atomic E-state index is 12.6. The zero-order chi connectivity index (χ0) is 14.8. The van der Waals surface area contributed by atoms with Gasteiger partial charge >= 0.3 is 5.97 Å². The standard InChI is InChI=1S/C13H23NO5S/c1-2-19-10-6-8-14(9-7-10)20(17,18)12-5-3-4-11(12)13(15)16/h10-12H,2-9H2,1H3,(H,15,16). The molecule has 2 unspecified atom stereocenters. The van der Waals surface area contributed by atoms with Crippen LogP contribution in [0.3, 0.4) is 0 Å². The van der Waals surface area contributed by atoms with Gasteiger partial charge in [-0.15, -0.1) is 0 Å². The number of carbonyl (C=O) groups is 1. The highest BCUT2D eigenvalue weighted by Gasteiger charge is 2.44. The summed E-state index contributed by atoms with van der Waals surface area (Å²) in [5, 5.41) is 8.41. The van der Waals surface area contributed by atoms with Crippen LogP contribution in [0.2, 0.25) is 0 Å². The van der Waals surface area contributed by atoms with E-state index in [9.17, 15) is 13.2 Å². The molecule has 2 atom stereocenters. The Kier molecular flexibility index (Phi) is 5.04. The van der Waals surface area contributed by atoms with Crippen LogP contribution in [0.4, 0.5) is 0 Å². The second-order valence-corrected chi connectivity index (χ2v) is 7.66. The zero-order valence-corrected chi connectivity index (χ0v) is 12.6. The predicted octanol–water partition coefficient (Wildman–Crippen LogP) is 1.07. The molecule has 1 saturated carbocycles. The van der Waals surface area contributed by atoms with Crippen molar-refractivity contribution in [3.05, 3.63) is 0 Å². The molecule has 1 aliphatic heterocycles. The summed E-state index contributed by atoms with van der Waals surface area (Å²) in [6.07, 6.45) is 3.12. The van der Waals surface area contributed by atoms with E-state index in [2.05, 4.69) is 0 Å². The predicted molar refractivity (Wildman–Crippen MR) is 73.9 cm³/mol. The Morgan fingerprint density at radius 2 is 1.90 bits per heavy atom. The largest absolute Gasteiger partial charge is 0.481 e. The fourth-order valence-electron chi connectivity index (χ4n) is 3.25. The van der Waals surface area contributed by atoms with Crippen molar-refractivity contribution in [2.75, 3.05) is 19.7 Å². The number of hydrogen-bond acceptors (Lipinski definition) is 4. The van der Waals surface area contributed by atoms with Gasteiger partial charge in [-0.25, -0.2) is 12.7 Å². The van der Waals surface area contributed by atoms with Crippen LogP contribution in [0.15, 0.2) is 0 Å². The minimum atomic E-state index is -3.50. The van der Waals surface area contributed by atoms with Crippen molar-refractivity contribution in [2.24, 2.45) is 5.92 Å². The van der Waals surface area contributed by atoms with Gasteiger partial charge in [-0.3, -0.25) is 4.79 Å². The van der Waals surface area contributed by atoms with E-state index in [4.69, 9.17) is 9.84 Å². The van der Waals surface area contributed by atoms with Crippen LogP contribution in [-0.2, 0) is 19.6 Å². The van der Waals surface area contributed by atoms with Crippen LogP contribution in [0.1, 0.15) is 39.0 Å². The maximum absolute atomic E-state index is 12.6. The van der Waals surface area contributed by atoms with Gasteiger partial charge in [0.15, 0.2) is 0 Å². The molecule has 20 heavy (non-hydrogen) atoms. The fraction of sp³-hybridized carbons (Fsp3) is 0.923. The Hall–Kier alpha value is -0.660. The van der Waals surface area contributed by atoms with Gasteiger partial charge in [0, 0.05) is 19.7 Å². The number of carboxylic acids is 1. The van der Waals surface area contributed by atoms with Crippen molar-refractivity contribution in [3.8, 4) is 0 Å². The summed E-state index contributed by atoms with van der Waals surface area (Å²) >= 11 is 0. The summed E-state index contributed by atoms with van der Waals surface area (Å²) in [6.45, 7) is 3.45. The van der Waals surface area contributed by atoms with Gasteiger partial charge in [0.25, 0.3) is 0 Å². The van der Waals surface area contributed by atoms with Crippen LogP contribution in [-0.4, -0.2) is 54.8 Å². The lowest BCUT2D eigenvalue weighted by Gasteiger charge is -2.33. The molecule has 0 aromatic rings. The molecule has 2 fully saturated rings. The topological polar surface area (TPSA) is 83.9 Å². The maximum Gasteiger partial charge on any atom is 0.307 e. The monoisotopic (exact) mass is 305 g/mol. The van der Waals surface area contributed by atoms with Gasteiger partial charge in [-0.05, 0) is 32.6 Å². The van der Waals surface area contributed by atoms with Crippen LogP contribution in [0, 0.1) is 5.92 Å². The van der Waals surface area contributed by atoms with Gasteiger partial charge in [-0.2, -0.15) is 0 Å². The number of rotatable bonds is 5. The Bertz CT molecular complexity index is 442. The van der Waals surface area contributed by atoms with E-state index < -0.39 is 27.2 Å². The third kappa shape index (κ3) is 3.15. The summed E-state index contributed by atoms with van der Waals surface area (Å²) in [6, 6.07) is 0. The molecule has 2 rings (SSSR count). The van der Waals surface area contributed by atoms with Gasteiger partial charge in [0.05, 0.1) is 17.3 Å². The normalized spacial score (nSPS) is 29.6. The summed E-state index contributed by atoms with van der Waals surface area (Å²) in [4.78, 5) is 11.2. The average Bonchev–Trinajstić information content (AvgIpc) is 2.90. The van der Waals surface area contributed by atoms with Crippen molar-refractivity contribution < 1.29 is 23.1 Å². The van der Waals surface area contributed by atoms with Crippen molar-refractivity contribution in [3.63, 3.8) is 0 Å². The first-order valence-electron chi connectivity index (χ1n) is 7.30. The quantitative estimate of drug-likeness (QED) is 0.821. The number of aliphatic carboxylic acids is 1. The fourth-order valence-corrected chi connectivity index (χ4v) is 5.48. The summed E-state index contributed by atoms with van der Waals surface area (Å²) in [5.41, 5.74) is 0. The molecule has 0 radical (unpaired) electrons. The van der Waals surface area contributed by atoms with Crippen molar-refractivity contribution in [2.45, 2.75) is 50.4 Å². The number of hydrogen-bond donors (Lipinski definition) is 1. The van der Waals surface area contributed by atoms with E-state index in [-0.39, 0.29) is 6.10 Å². The number of carboxylic acid groups (broad SMARTS) is 1. The molecular weight excluding hydrogens is 282 g/mol. The first-order valence-corrected chi connectivity index (χ1v) is 8.80. The van der Waals surface area contributed by atoms with Gasteiger partial charge in [0.1, 0.15) is 0 Å². The first-order chi connectivity index (χ1) is 9.46. The molecule has 1 aliphatic carbocycles. The highest BCUT2D eigenvalue weighted by molar-refractivity contribution is 7.89. The number of nitrogens with zero attached hydrogens (tertiary/aromatic N) is 1. The van der Waals surface area contributed by atoms with E-state index in [1.165, 1.54) is 4.31 Å². The SMILES string of the molecule is CCOC1CCN(S(=O)(=O)C2CCCC2C(=O)O)CC1. The van der Waals surface area contributed by atoms with Crippen molar-refractivity contribution >= 4 is 16.0 Å². The smallest absolute Gasteiger partial charge is 0.307 e. The highest BCUT2D eigenvalue weighted by Crippen LogP contribution is 2.34. The third-order valence-electron chi connectivity index (χ3n) is 4.32. The number of piperidine rings is 1. The Balaban J connectivity index is 2.02. The number of sulfonamides is 1. The zero-order valence-electron chi connectivity index (χ0n) is 11.8. The second kappa shape index (κ2) is 6.41. The molecule has 0 aromatic carbocycles. The lowest BCUT2D eigenvalue weighted by Crippen LogP contribution is -2.47. The third-order valence-corrected chi connectivity index (χ3v) is 6.73. The lowest BCUT2D eigenvalue weighted by atomic mass is 10.1. The van der Waals surface area contributed by atoms with Gasteiger partial charge < -0.3 is 9.84 Å². The molecular formula is C13H23NO5S. The van der Waals surface area contributed by atoms with E-state index in [0.717, 1.165) is 0 Å². The lowest BCUT2D eigenvalue weighted by molar-refractivity contribution is -0.141. The van der Waals surface area contributed by atoms with Crippen LogP contribution in [0.5, 0.6) is 0 Å². The summed E-state index contributed by atoms with van der Waals surface area (Å²) < 4.78 is 32.2. The summed E-state index contributed by atoms with van der Waals surface area (Å²) in [5.74, 6) is -1.73. The minimum absolute atomic E-state index is 0.130. The molecule has 1 N–H and O–H groups in total. The van der Waals surface area contributed by atoms with Gasteiger partial charge in [-0.1, -0.05) is 6.42 Å². The van der Waals surface area contributed by atoms with Gasteiger partial charge in [0.2, 0.25) is 10.0 Å². The van der Waals surface area contributed by atoms with E-state index in [1.54, 1.807) is 0 Å². The van der Waals surface area contributed by atoms with E-state index >= 15 is 0 Å². The molecule has 0 spiro atoms. The Morgan fingerprint density at radius 3 is 2.45 bits per heavy atom. The molecule has 7 heteroatoms. The molecule has 6 nitrogen and oxygen atoms in total. The highest BCUT2D eigenvalue weighted by atomic mass is 32.2. The molecule has 0 aromatic heterocycles. The Labute approximate surface area is 120 Å². The van der Waals surface area contributed by atoms with E-state index in [1.807, 2.05) is 6.92 Å². The molecule has 0 bridgehead atoms. The van der Waals surface area contributed by atoms with Crippen LogP contribution >= 0.6 is 0 Å². The van der Waals surface area contributed by atoms with Crippen molar-refractivity contribution in [1.29, 1.82) is 0 Å². The molecule has 1 saturated heterocycles. The molecule has 0 amide bonds. The number of ether oxygens (including phenoxy) is 1. The van der Waals surface area contributed by atoms with Crippen LogP contribution < -0.4 is 0 Å². The first kappa shape index (κ1) is 15.7. The second-order valence-electron chi connectivity index (χ2n) is 5.51. The molecule has 116 valence electrons. The molecule has 2 aliphatic rings. The van der Waals surface area contributed by atoms with E-state index in [0.29, 0.717) is 51.8 Å². The average molecular weight is 305 g/mol. The van der Waals surface area contributed by atoms with Crippen molar-refractivity contribution in [1.82, 2.24) is 4.31 Å².